The lowest BCUT2D eigenvalue weighted by molar-refractivity contribution is 0.103. The monoisotopic (exact) mass is 258 g/mol. The topological polar surface area (TPSA) is 52.7 Å². The molecule has 0 unspecified atom stereocenters. The molecule has 0 N–H and O–H groups in total. The quantitative estimate of drug-likeness (QED) is 0.611. The molecule has 5 nitrogen and oxygen atoms in total. The van der Waals surface area contributed by atoms with Crippen molar-refractivity contribution in [2.45, 2.75) is 33.9 Å². The minimum Gasteiger partial charge on any atom is -0.288 e. The minimum atomic E-state index is -0.0389. The minimum absolute atomic E-state index is 0.0389. The van der Waals surface area contributed by atoms with Crippen molar-refractivity contribution in [3.8, 4) is 0 Å². The zero-order chi connectivity index (χ0) is 13.8. The highest BCUT2D eigenvalue weighted by Crippen LogP contribution is 2.09. The Morgan fingerprint density at radius 3 is 2.79 bits per heavy atom. The van der Waals surface area contributed by atoms with Crippen LogP contribution >= 0.6 is 0 Å². The van der Waals surface area contributed by atoms with Crippen molar-refractivity contribution in [3.05, 3.63) is 41.5 Å². The van der Waals surface area contributed by atoms with Gasteiger partial charge in [0.25, 0.3) is 0 Å². The lowest BCUT2D eigenvalue weighted by Gasteiger charge is -1.99. The van der Waals surface area contributed by atoms with Gasteiger partial charge in [0.05, 0.1) is 5.69 Å². The number of carbonyl (C=O) groups is 1. The molecule has 2 heterocycles. The molecule has 2 rings (SSSR count). The molecule has 5 heteroatoms. The van der Waals surface area contributed by atoms with Gasteiger partial charge in [-0.3, -0.25) is 14.2 Å². The van der Waals surface area contributed by atoms with Crippen molar-refractivity contribution >= 4 is 11.9 Å². The van der Waals surface area contributed by atoms with Crippen LogP contribution in [0.2, 0.25) is 0 Å². The van der Waals surface area contributed by atoms with Crippen LogP contribution < -0.4 is 0 Å². The van der Waals surface area contributed by atoms with E-state index in [2.05, 4.69) is 10.2 Å². The predicted octanol–water partition coefficient (Wildman–Crippen LogP) is 2.32. The Morgan fingerprint density at radius 2 is 2.16 bits per heavy atom. The van der Waals surface area contributed by atoms with Crippen LogP contribution in [0.3, 0.4) is 0 Å². The molecule has 0 radical (unpaired) electrons. The summed E-state index contributed by atoms with van der Waals surface area (Å²) in [5.41, 5.74) is 2.51. The average molecular weight is 258 g/mol. The maximum Gasteiger partial charge on any atom is 0.203 e. The third-order valence-electron chi connectivity index (χ3n) is 2.99. The number of allylic oxidation sites excluding steroid dienone is 1. The molecule has 0 amide bonds. The van der Waals surface area contributed by atoms with Crippen LogP contribution in [-0.4, -0.2) is 25.3 Å². The highest BCUT2D eigenvalue weighted by molar-refractivity contribution is 6.05. The van der Waals surface area contributed by atoms with Gasteiger partial charge < -0.3 is 0 Å². The van der Waals surface area contributed by atoms with E-state index in [1.165, 1.54) is 0 Å². The van der Waals surface area contributed by atoms with Gasteiger partial charge >= 0.3 is 0 Å². The van der Waals surface area contributed by atoms with Crippen molar-refractivity contribution in [1.82, 2.24) is 19.6 Å². The normalized spacial score (nSPS) is 11.3. The largest absolute Gasteiger partial charge is 0.288 e. The number of hydrogen-bond donors (Lipinski definition) is 0. The molecule has 0 aliphatic rings. The van der Waals surface area contributed by atoms with Crippen LogP contribution in [0, 0.1) is 6.92 Å². The van der Waals surface area contributed by atoms with Gasteiger partial charge in [0.15, 0.2) is 0 Å². The summed E-state index contributed by atoms with van der Waals surface area (Å²) in [6.07, 6.45) is 6.97. The molecule has 2 aromatic rings. The van der Waals surface area contributed by atoms with Gasteiger partial charge in [0, 0.05) is 31.0 Å². The van der Waals surface area contributed by atoms with Crippen molar-refractivity contribution in [1.29, 1.82) is 0 Å². The number of hydrogen-bond acceptors (Lipinski definition) is 3. The van der Waals surface area contributed by atoms with Crippen molar-refractivity contribution in [2.75, 3.05) is 0 Å². The molecule has 19 heavy (non-hydrogen) atoms. The number of nitrogens with zero attached hydrogens (tertiary/aromatic N) is 4. The zero-order valence-corrected chi connectivity index (χ0v) is 11.5. The molecular formula is C14H18N4O. The van der Waals surface area contributed by atoms with E-state index in [4.69, 9.17) is 0 Å². The molecule has 0 aromatic carbocycles. The van der Waals surface area contributed by atoms with E-state index in [0.717, 1.165) is 17.8 Å². The second-order valence-electron chi connectivity index (χ2n) is 4.26. The van der Waals surface area contributed by atoms with Crippen LogP contribution in [0.1, 0.15) is 35.6 Å². The Balaban J connectivity index is 2.18. The second kappa shape index (κ2) is 5.65. The van der Waals surface area contributed by atoms with Gasteiger partial charge in [0.2, 0.25) is 5.78 Å². The summed E-state index contributed by atoms with van der Waals surface area (Å²) in [5.74, 6) is -0.0389. The third kappa shape index (κ3) is 2.81. The first-order chi connectivity index (χ1) is 9.15. The fraction of sp³-hybridized carbons (Fsp3) is 0.357. The Hall–Kier alpha value is -2.17. The lowest BCUT2D eigenvalue weighted by Crippen LogP contribution is -2.07. The first-order valence-electron chi connectivity index (χ1n) is 6.44. The first kappa shape index (κ1) is 13.3. The van der Waals surface area contributed by atoms with E-state index < -0.39 is 0 Å². The van der Waals surface area contributed by atoms with E-state index in [9.17, 15) is 4.79 Å². The zero-order valence-electron chi connectivity index (χ0n) is 11.5. The van der Waals surface area contributed by atoms with Crippen molar-refractivity contribution < 1.29 is 4.79 Å². The first-order valence-corrected chi connectivity index (χ1v) is 6.44. The second-order valence-corrected chi connectivity index (χ2v) is 4.26. The van der Waals surface area contributed by atoms with Crippen LogP contribution in [0.15, 0.2) is 24.5 Å². The SMILES string of the molecule is CCn1cc(/C=C/C(=O)c2ccnn2CC)c(C)n1. The smallest absolute Gasteiger partial charge is 0.203 e. The van der Waals surface area contributed by atoms with Gasteiger partial charge in [-0.05, 0) is 39.0 Å². The maximum atomic E-state index is 12.1. The Bertz CT molecular complexity index is 607. The molecule has 100 valence electrons. The predicted molar refractivity (Wildman–Crippen MR) is 73.9 cm³/mol. The summed E-state index contributed by atoms with van der Waals surface area (Å²) >= 11 is 0. The molecule has 0 atom stereocenters. The standard InChI is InChI=1S/C14H18N4O/c1-4-17-10-12(11(3)16-17)6-7-14(19)13-8-9-15-18(13)5-2/h6-10H,4-5H2,1-3H3/b7-6+. The average Bonchev–Trinajstić information content (AvgIpc) is 3.02. The highest BCUT2D eigenvalue weighted by atomic mass is 16.1. The molecule has 2 aromatic heterocycles. The van der Waals surface area contributed by atoms with Crippen LogP contribution in [0.5, 0.6) is 0 Å². The van der Waals surface area contributed by atoms with Gasteiger partial charge in [-0.1, -0.05) is 0 Å². The number of carbonyl (C=O) groups excluding carboxylic acids is 1. The summed E-state index contributed by atoms with van der Waals surface area (Å²) in [5, 5.41) is 8.43. The summed E-state index contributed by atoms with van der Waals surface area (Å²) in [6, 6.07) is 1.73. The molecule has 0 aliphatic heterocycles. The number of ketones is 1. The summed E-state index contributed by atoms with van der Waals surface area (Å²) in [4.78, 5) is 12.1. The van der Waals surface area contributed by atoms with Crippen LogP contribution in [0.25, 0.3) is 6.08 Å². The summed E-state index contributed by atoms with van der Waals surface area (Å²) in [6.45, 7) is 7.44. The third-order valence-corrected chi connectivity index (χ3v) is 2.99. The van der Waals surface area contributed by atoms with E-state index in [-0.39, 0.29) is 5.78 Å². The molecular weight excluding hydrogens is 240 g/mol. The van der Waals surface area contributed by atoms with Gasteiger partial charge in [-0.25, -0.2) is 0 Å². The number of rotatable bonds is 5. The van der Waals surface area contributed by atoms with E-state index in [0.29, 0.717) is 12.2 Å². The summed E-state index contributed by atoms with van der Waals surface area (Å²) < 4.78 is 3.55. The van der Waals surface area contributed by atoms with Crippen molar-refractivity contribution in [2.24, 2.45) is 0 Å². The van der Waals surface area contributed by atoms with Gasteiger partial charge in [-0.2, -0.15) is 10.2 Å². The molecule has 0 saturated carbocycles. The van der Waals surface area contributed by atoms with E-state index in [1.807, 2.05) is 37.7 Å². The van der Waals surface area contributed by atoms with Gasteiger partial charge in [0.1, 0.15) is 5.69 Å². The number of aryl methyl sites for hydroxylation is 3. The Kier molecular flexibility index (Phi) is 3.94. The lowest BCUT2D eigenvalue weighted by atomic mass is 10.2. The molecule has 0 saturated heterocycles. The van der Waals surface area contributed by atoms with Crippen LogP contribution in [0.4, 0.5) is 0 Å². The fourth-order valence-corrected chi connectivity index (χ4v) is 1.90. The Labute approximate surface area is 112 Å². The molecule has 0 spiro atoms. The molecule has 0 aliphatic carbocycles. The molecule has 0 fully saturated rings. The van der Waals surface area contributed by atoms with Crippen molar-refractivity contribution in [3.63, 3.8) is 0 Å². The highest BCUT2D eigenvalue weighted by Gasteiger charge is 2.08. The maximum absolute atomic E-state index is 12.1. The van der Waals surface area contributed by atoms with Crippen LogP contribution in [-0.2, 0) is 13.1 Å². The fourth-order valence-electron chi connectivity index (χ4n) is 1.90. The Morgan fingerprint density at radius 1 is 1.37 bits per heavy atom. The van der Waals surface area contributed by atoms with E-state index >= 15 is 0 Å². The number of aromatic nitrogens is 4. The van der Waals surface area contributed by atoms with E-state index in [1.54, 1.807) is 23.0 Å². The van der Waals surface area contributed by atoms with Gasteiger partial charge in [-0.15, -0.1) is 0 Å². The summed E-state index contributed by atoms with van der Waals surface area (Å²) in [7, 11) is 0. The molecule has 0 bridgehead atoms.